The van der Waals surface area contributed by atoms with Crippen LogP contribution in [-0.2, 0) is 0 Å². The molecule has 0 aliphatic carbocycles. The van der Waals surface area contributed by atoms with Gasteiger partial charge in [0.05, 0.1) is 12.4 Å². The molecule has 0 bridgehead atoms. The fourth-order valence-corrected chi connectivity index (χ4v) is 3.51. The SMILES string of the molecule is O=C(c1cnc(N2CCCC2)cn1)N1CCN(c2ccccc2)CC1. The van der Waals surface area contributed by atoms with Crippen LogP contribution in [0, 0.1) is 0 Å². The Hall–Kier alpha value is -2.63. The number of amides is 1. The number of aromatic nitrogens is 2. The van der Waals surface area contributed by atoms with E-state index < -0.39 is 0 Å². The third-order valence-corrected chi connectivity index (χ3v) is 4.98. The van der Waals surface area contributed by atoms with E-state index in [-0.39, 0.29) is 5.91 Å². The van der Waals surface area contributed by atoms with Crippen LogP contribution in [0.3, 0.4) is 0 Å². The van der Waals surface area contributed by atoms with E-state index in [1.807, 2.05) is 23.1 Å². The van der Waals surface area contributed by atoms with Crippen LogP contribution in [0.5, 0.6) is 0 Å². The third kappa shape index (κ3) is 3.43. The highest BCUT2D eigenvalue weighted by molar-refractivity contribution is 5.92. The quantitative estimate of drug-likeness (QED) is 0.858. The van der Waals surface area contributed by atoms with Gasteiger partial charge < -0.3 is 14.7 Å². The van der Waals surface area contributed by atoms with Crippen molar-refractivity contribution in [2.45, 2.75) is 12.8 Å². The first kappa shape index (κ1) is 15.9. The van der Waals surface area contributed by atoms with Gasteiger partial charge in [-0.2, -0.15) is 0 Å². The van der Waals surface area contributed by atoms with Crippen LogP contribution in [0.2, 0.25) is 0 Å². The molecule has 2 aliphatic rings. The van der Waals surface area contributed by atoms with Crippen LogP contribution in [0.4, 0.5) is 11.5 Å². The van der Waals surface area contributed by atoms with Crippen molar-refractivity contribution in [1.29, 1.82) is 0 Å². The van der Waals surface area contributed by atoms with Gasteiger partial charge >= 0.3 is 0 Å². The van der Waals surface area contributed by atoms with Gasteiger partial charge in [0.1, 0.15) is 11.5 Å². The summed E-state index contributed by atoms with van der Waals surface area (Å²) in [6, 6.07) is 10.3. The van der Waals surface area contributed by atoms with Gasteiger partial charge in [-0.25, -0.2) is 9.97 Å². The highest BCUT2D eigenvalue weighted by Crippen LogP contribution is 2.18. The monoisotopic (exact) mass is 337 g/mol. The molecule has 25 heavy (non-hydrogen) atoms. The zero-order valence-corrected chi connectivity index (χ0v) is 14.3. The predicted molar refractivity (Wildman–Crippen MR) is 98.0 cm³/mol. The third-order valence-electron chi connectivity index (χ3n) is 4.98. The van der Waals surface area contributed by atoms with Crippen LogP contribution < -0.4 is 9.80 Å². The zero-order chi connectivity index (χ0) is 17.1. The summed E-state index contributed by atoms with van der Waals surface area (Å²) in [4.78, 5) is 27.9. The Kier molecular flexibility index (Phi) is 4.50. The molecule has 6 heteroatoms. The summed E-state index contributed by atoms with van der Waals surface area (Å²) in [6.45, 7) is 5.17. The van der Waals surface area contributed by atoms with Gasteiger partial charge in [-0.15, -0.1) is 0 Å². The largest absolute Gasteiger partial charge is 0.368 e. The van der Waals surface area contributed by atoms with Crippen molar-refractivity contribution in [3.8, 4) is 0 Å². The Morgan fingerprint density at radius 2 is 1.52 bits per heavy atom. The number of hydrogen-bond donors (Lipinski definition) is 0. The van der Waals surface area contributed by atoms with Gasteiger partial charge in [0.2, 0.25) is 0 Å². The number of hydrogen-bond acceptors (Lipinski definition) is 5. The van der Waals surface area contributed by atoms with Gasteiger partial charge in [0, 0.05) is 45.0 Å². The number of benzene rings is 1. The lowest BCUT2D eigenvalue weighted by Crippen LogP contribution is -2.49. The van der Waals surface area contributed by atoms with E-state index in [0.717, 1.165) is 32.0 Å². The summed E-state index contributed by atoms with van der Waals surface area (Å²) in [5.41, 5.74) is 1.65. The molecule has 0 saturated carbocycles. The standard InChI is InChI=1S/C19H23N5O/c25-19(17-14-21-18(15-20-17)23-8-4-5-9-23)24-12-10-22(11-13-24)16-6-2-1-3-7-16/h1-3,6-7,14-15H,4-5,8-13H2. The van der Waals surface area contributed by atoms with Crippen molar-refractivity contribution in [2.75, 3.05) is 49.1 Å². The number of nitrogens with zero attached hydrogens (tertiary/aromatic N) is 5. The Morgan fingerprint density at radius 1 is 0.800 bits per heavy atom. The normalized spacial score (nSPS) is 17.8. The number of carbonyl (C=O) groups is 1. The van der Waals surface area contributed by atoms with Crippen molar-refractivity contribution < 1.29 is 4.79 Å². The Balaban J connectivity index is 1.37. The van der Waals surface area contributed by atoms with Gasteiger partial charge in [-0.1, -0.05) is 18.2 Å². The molecule has 2 saturated heterocycles. The first-order chi connectivity index (χ1) is 12.3. The molecule has 2 fully saturated rings. The molecule has 0 radical (unpaired) electrons. The zero-order valence-electron chi connectivity index (χ0n) is 14.3. The second kappa shape index (κ2) is 7.09. The Morgan fingerprint density at radius 3 is 2.16 bits per heavy atom. The first-order valence-corrected chi connectivity index (χ1v) is 8.97. The summed E-state index contributed by atoms with van der Waals surface area (Å²) in [6.07, 6.45) is 5.76. The summed E-state index contributed by atoms with van der Waals surface area (Å²) in [7, 11) is 0. The van der Waals surface area contributed by atoms with Gasteiger partial charge in [0.25, 0.3) is 5.91 Å². The average Bonchev–Trinajstić information content (AvgIpc) is 3.23. The summed E-state index contributed by atoms with van der Waals surface area (Å²) >= 11 is 0. The van der Waals surface area contributed by atoms with Gasteiger partial charge in [0.15, 0.2) is 0 Å². The van der Waals surface area contributed by atoms with Crippen LogP contribution in [-0.4, -0.2) is 60.0 Å². The second-order valence-corrected chi connectivity index (χ2v) is 6.57. The van der Waals surface area contributed by atoms with Crippen LogP contribution in [0.1, 0.15) is 23.3 Å². The maximum Gasteiger partial charge on any atom is 0.274 e. The average molecular weight is 337 g/mol. The Labute approximate surface area is 148 Å². The molecule has 2 aliphatic heterocycles. The molecule has 4 rings (SSSR count). The minimum absolute atomic E-state index is 0.0202. The number of para-hydroxylation sites is 1. The van der Waals surface area contributed by atoms with Crippen LogP contribution in [0.25, 0.3) is 0 Å². The van der Waals surface area contributed by atoms with E-state index in [0.29, 0.717) is 18.8 Å². The minimum atomic E-state index is -0.0202. The molecule has 3 heterocycles. The van der Waals surface area contributed by atoms with Crippen molar-refractivity contribution in [3.05, 3.63) is 48.4 Å². The summed E-state index contributed by atoms with van der Waals surface area (Å²) < 4.78 is 0. The summed E-state index contributed by atoms with van der Waals surface area (Å²) in [5.74, 6) is 0.858. The Bertz CT molecular complexity index is 704. The first-order valence-electron chi connectivity index (χ1n) is 8.97. The summed E-state index contributed by atoms with van der Waals surface area (Å²) in [5, 5.41) is 0. The smallest absolute Gasteiger partial charge is 0.274 e. The minimum Gasteiger partial charge on any atom is -0.368 e. The highest BCUT2D eigenvalue weighted by Gasteiger charge is 2.23. The second-order valence-electron chi connectivity index (χ2n) is 6.57. The molecule has 0 atom stereocenters. The van der Waals surface area contributed by atoms with E-state index >= 15 is 0 Å². The number of rotatable bonds is 3. The molecule has 1 amide bonds. The molecule has 0 unspecified atom stereocenters. The van der Waals surface area contributed by atoms with Crippen molar-refractivity contribution in [2.24, 2.45) is 0 Å². The van der Waals surface area contributed by atoms with E-state index in [4.69, 9.17) is 0 Å². The van der Waals surface area contributed by atoms with Crippen molar-refractivity contribution in [1.82, 2.24) is 14.9 Å². The lowest BCUT2D eigenvalue weighted by molar-refractivity contribution is 0.0740. The van der Waals surface area contributed by atoms with E-state index in [1.165, 1.54) is 18.5 Å². The lowest BCUT2D eigenvalue weighted by atomic mass is 10.2. The maximum atomic E-state index is 12.7. The van der Waals surface area contributed by atoms with Crippen molar-refractivity contribution >= 4 is 17.4 Å². The highest BCUT2D eigenvalue weighted by atomic mass is 16.2. The van der Waals surface area contributed by atoms with Crippen molar-refractivity contribution in [3.63, 3.8) is 0 Å². The molecule has 6 nitrogen and oxygen atoms in total. The molecule has 1 aromatic heterocycles. The molecular weight excluding hydrogens is 314 g/mol. The van der Waals surface area contributed by atoms with Crippen LogP contribution in [0.15, 0.2) is 42.7 Å². The maximum absolute atomic E-state index is 12.7. The lowest BCUT2D eigenvalue weighted by Gasteiger charge is -2.36. The number of carbonyl (C=O) groups excluding carboxylic acids is 1. The van der Waals surface area contributed by atoms with E-state index in [2.05, 4.69) is 31.9 Å². The molecular formula is C19H23N5O. The fraction of sp³-hybridized carbons (Fsp3) is 0.421. The van der Waals surface area contributed by atoms with E-state index in [9.17, 15) is 4.79 Å². The van der Waals surface area contributed by atoms with Gasteiger partial charge in [-0.3, -0.25) is 4.79 Å². The van der Waals surface area contributed by atoms with Crippen LogP contribution >= 0.6 is 0 Å². The fourth-order valence-electron chi connectivity index (χ4n) is 3.51. The van der Waals surface area contributed by atoms with Gasteiger partial charge in [-0.05, 0) is 25.0 Å². The van der Waals surface area contributed by atoms with E-state index in [1.54, 1.807) is 12.4 Å². The molecule has 2 aromatic rings. The predicted octanol–water partition coefficient (Wildman–Crippen LogP) is 2.04. The number of anilines is 2. The molecule has 0 spiro atoms. The number of piperazine rings is 1. The molecule has 0 N–H and O–H groups in total. The molecule has 130 valence electrons. The topological polar surface area (TPSA) is 52.6 Å². The molecule has 1 aromatic carbocycles.